The minimum Gasteiger partial charge on any atom is -0.378 e. The number of nitrogens with zero attached hydrogens (tertiary/aromatic N) is 1. The zero-order chi connectivity index (χ0) is 23.0. The molecule has 1 aromatic carbocycles. The highest BCUT2D eigenvalue weighted by atomic mass is 16.5. The number of benzene rings is 1. The number of carbonyl (C=O) groups is 1. The number of allylic oxidation sites excluding steroid dienone is 4. The summed E-state index contributed by atoms with van der Waals surface area (Å²) < 4.78 is 6.67. The summed E-state index contributed by atoms with van der Waals surface area (Å²) in [5, 5.41) is 0. The topological polar surface area (TPSA) is 29.5 Å². The Morgan fingerprint density at radius 2 is 1.88 bits per heavy atom. The Bertz CT molecular complexity index is 1030. The molecule has 0 aromatic heterocycles. The minimum atomic E-state index is 0.0774. The van der Waals surface area contributed by atoms with Crippen molar-refractivity contribution in [2.45, 2.75) is 76.7 Å². The van der Waals surface area contributed by atoms with E-state index in [4.69, 9.17) is 4.74 Å². The zero-order valence-electron chi connectivity index (χ0n) is 20.8. The van der Waals surface area contributed by atoms with E-state index >= 15 is 0 Å². The van der Waals surface area contributed by atoms with Gasteiger partial charge in [-0.2, -0.15) is 0 Å². The molecule has 4 aliphatic carbocycles. The summed E-state index contributed by atoms with van der Waals surface area (Å²) in [7, 11) is 4.22. The molecule has 6 rings (SSSR count). The van der Waals surface area contributed by atoms with E-state index in [1.165, 1.54) is 48.9 Å². The van der Waals surface area contributed by atoms with E-state index in [-0.39, 0.29) is 11.0 Å². The van der Waals surface area contributed by atoms with Crippen molar-refractivity contribution in [3.63, 3.8) is 0 Å². The summed E-state index contributed by atoms with van der Waals surface area (Å²) in [5.41, 5.74) is 7.62. The molecule has 0 N–H and O–H groups in total. The van der Waals surface area contributed by atoms with Crippen LogP contribution in [0.25, 0.3) is 0 Å². The smallest absolute Gasteiger partial charge is 0.156 e. The average Bonchev–Trinajstić information content (AvgIpc) is 3.39. The number of ketones is 1. The molecule has 0 amide bonds. The van der Waals surface area contributed by atoms with E-state index in [1.807, 2.05) is 6.08 Å². The van der Waals surface area contributed by atoms with Crippen LogP contribution >= 0.6 is 0 Å². The predicted octanol–water partition coefficient (Wildman–Crippen LogP) is 6.45. The maximum Gasteiger partial charge on any atom is 0.156 e. The number of anilines is 1. The molecule has 176 valence electrons. The van der Waals surface area contributed by atoms with Crippen LogP contribution in [0.5, 0.6) is 0 Å². The number of ether oxygens (including phenoxy) is 1. The fourth-order valence-electron chi connectivity index (χ4n) is 8.74. The van der Waals surface area contributed by atoms with Crippen LogP contribution in [-0.4, -0.2) is 32.1 Å². The van der Waals surface area contributed by atoms with Crippen molar-refractivity contribution in [3.8, 4) is 0 Å². The van der Waals surface area contributed by atoms with Crippen LogP contribution in [0.1, 0.15) is 76.7 Å². The second kappa shape index (κ2) is 7.57. The lowest BCUT2D eigenvalue weighted by Crippen LogP contribution is -2.52. The van der Waals surface area contributed by atoms with Gasteiger partial charge in [-0.25, -0.2) is 0 Å². The summed E-state index contributed by atoms with van der Waals surface area (Å²) in [6.45, 7) is 5.98. The molecule has 1 aliphatic heterocycles. The third kappa shape index (κ3) is 3.07. The van der Waals surface area contributed by atoms with E-state index in [0.29, 0.717) is 35.9 Å². The first-order chi connectivity index (χ1) is 15.8. The molecule has 1 aromatic rings. The highest BCUT2D eigenvalue weighted by Gasteiger charge is 2.65. The molecule has 0 bridgehead atoms. The summed E-state index contributed by atoms with van der Waals surface area (Å²) in [5.74, 6) is 2.66. The Hall–Kier alpha value is -1.87. The second-order valence-electron chi connectivity index (χ2n) is 12.0. The minimum absolute atomic E-state index is 0.0774. The number of carbonyl (C=O) groups excluding carboxylic acids is 1. The first kappa shape index (κ1) is 21.6. The van der Waals surface area contributed by atoms with Crippen LogP contribution in [0.3, 0.4) is 0 Å². The van der Waals surface area contributed by atoms with Gasteiger partial charge in [0.05, 0.1) is 5.60 Å². The van der Waals surface area contributed by atoms with Gasteiger partial charge in [0.2, 0.25) is 0 Å². The molecule has 3 heteroatoms. The molecule has 1 heterocycles. The molecule has 3 nitrogen and oxygen atoms in total. The molecule has 6 atom stereocenters. The molecule has 33 heavy (non-hydrogen) atoms. The lowest BCUT2D eigenvalue weighted by Gasteiger charge is -2.56. The number of fused-ring (bicyclic) bond motifs is 5. The highest BCUT2D eigenvalue weighted by molar-refractivity contribution is 5.93. The maximum atomic E-state index is 12.3. The van der Waals surface area contributed by atoms with Crippen molar-refractivity contribution in [1.82, 2.24) is 0 Å². The van der Waals surface area contributed by atoms with Gasteiger partial charge >= 0.3 is 0 Å². The van der Waals surface area contributed by atoms with Gasteiger partial charge in [0.25, 0.3) is 0 Å². The lowest BCUT2D eigenvalue weighted by atomic mass is 9.49. The lowest BCUT2D eigenvalue weighted by molar-refractivity contribution is -0.115. The van der Waals surface area contributed by atoms with Crippen LogP contribution in [-0.2, 0) is 9.53 Å². The van der Waals surface area contributed by atoms with Crippen LogP contribution in [0.2, 0.25) is 0 Å². The Labute approximate surface area is 199 Å². The van der Waals surface area contributed by atoms with Gasteiger partial charge < -0.3 is 9.64 Å². The van der Waals surface area contributed by atoms with E-state index in [2.05, 4.69) is 57.1 Å². The monoisotopic (exact) mass is 445 g/mol. The van der Waals surface area contributed by atoms with Gasteiger partial charge in [-0.3, -0.25) is 4.79 Å². The van der Waals surface area contributed by atoms with Crippen LogP contribution in [0.15, 0.2) is 47.1 Å². The first-order valence-corrected chi connectivity index (χ1v) is 13.2. The number of rotatable bonds is 2. The molecule has 1 saturated heterocycles. The fraction of sp³-hybridized carbons (Fsp3) is 0.633. The van der Waals surface area contributed by atoms with E-state index in [1.54, 1.807) is 11.1 Å². The molecule has 3 fully saturated rings. The van der Waals surface area contributed by atoms with Crippen molar-refractivity contribution >= 4 is 11.5 Å². The SMILES string of the molecule is C[C@H]1CC2=CC(=O)CCC2=C2C(c3ccc(N(C)C)cc3)C[C@@]3(C)[C@@H](CC[C@@]34CCCO4)[C@@H]21. The largest absolute Gasteiger partial charge is 0.378 e. The Balaban J connectivity index is 1.52. The molecule has 5 aliphatic rings. The zero-order valence-corrected chi connectivity index (χ0v) is 20.8. The average molecular weight is 446 g/mol. The van der Waals surface area contributed by atoms with E-state index in [0.717, 1.165) is 19.4 Å². The Kier molecular flexibility index (Phi) is 4.96. The number of hydrogen-bond acceptors (Lipinski definition) is 3. The third-order valence-electron chi connectivity index (χ3n) is 10.3. The van der Waals surface area contributed by atoms with E-state index in [9.17, 15) is 4.79 Å². The van der Waals surface area contributed by atoms with Crippen LogP contribution < -0.4 is 4.90 Å². The Morgan fingerprint density at radius 1 is 1.09 bits per heavy atom. The van der Waals surface area contributed by atoms with Gasteiger partial charge in [0.1, 0.15) is 0 Å². The quantitative estimate of drug-likeness (QED) is 0.524. The first-order valence-electron chi connectivity index (χ1n) is 13.2. The van der Waals surface area contributed by atoms with E-state index < -0.39 is 0 Å². The van der Waals surface area contributed by atoms with Gasteiger partial charge in [-0.1, -0.05) is 31.6 Å². The van der Waals surface area contributed by atoms with Crippen molar-refractivity contribution in [3.05, 3.63) is 52.6 Å². The van der Waals surface area contributed by atoms with Crippen molar-refractivity contribution in [2.24, 2.45) is 23.2 Å². The van der Waals surface area contributed by atoms with Crippen LogP contribution in [0, 0.1) is 23.2 Å². The number of hydrogen-bond donors (Lipinski definition) is 0. The molecule has 2 saturated carbocycles. The van der Waals surface area contributed by atoms with Crippen molar-refractivity contribution < 1.29 is 9.53 Å². The highest BCUT2D eigenvalue weighted by Crippen LogP contribution is 2.70. The normalized spacial score (nSPS) is 39.9. The summed E-state index contributed by atoms with van der Waals surface area (Å²) in [6.07, 6.45) is 10.9. The molecule has 1 unspecified atom stereocenters. The third-order valence-corrected chi connectivity index (χ3v) is 10.3. The maximum absolute atomic E-state index is 12.3. The summed E-state index contributed by atoms with van der Waals surface area (Å²) >= 11 is 0. The summed E-state index contributed by atoms with van der Waals surface area (Å²) in [6, 6.07) is 9.33. The Morgan fingerprint density at radius 3 is 2.58 bits per heavy atom. The predicted molar refractivity (Wildman–Crippen MR) is 133 cm³/mol. The molecular weight excluding hydrogens is 406 g/mol. The van der Waals surface area contributed by atoms with Crippen LogP contribution in [0.4, 0.5) is 5.69 Å². The fourth-order valence-corrected chi connectivity index (χ4v) is 8.74. The molecular formula is C30H39NO2. The van der Waals surface area contributed by atoms with Gasteiger partial charge in [-0.15, -0.1) is 0 Å². The summed E-state index contributed by atoms with van der Waals surface area (Å²) in [4.78, 5) is 14.5. The molecule has 0 radical (unpaired) electrons. The van der Waals surface area contributed by atoms with Gasteiger partial charge in [0.15, 0.2) is 5.78 Å². The van der Waals surface area contributed by atoms with Gasteiger partial charge in [-0.05, 0) is 97.6 Å². The van der Waals surface area contributed by atoms with Gasteiger partial charge in [0, 0.05) is 44.1 Å². The molecule has 1 spiro atoms. The standard InChI is InChI=1S/C30H39NO2/c1-19-16-21-17-23(32)10-11-24(21)28-25(20-6-8-22(9-7-20)31(3)4)18-29(2)26(27(19)28)12-14-30(29)13-5-15-33-30/h6-9,17,19,25-27H,5,10-16,18H2,1-4H3/t19-,25?,26-,27-,29-,30-/m0/s1. The van der Waals surface area contributed by atoms with Crippen molar-refractivity contribution in [2.75, 3.05) is 25.6 Å². The second-order valence-corrected chi connectivity index (χ2v) is 12.0. The van der Waals surface area contributed by atoms with Crippen molar-refractivity contribution in [1.29, 1.82) is 0 Å².